The molecule has 6 nitrogen and oxygen atoms in total. The van der Waals surface area contributed by atoms with Gasteiger partial charge in [-0.15, -0.1) is 0 Å². The number of aliphatic hydroxyl groups is 1. The first-order chi connectivity index (χ1) is 7.15. The van der Waals surface area contributed by atoms with Crippen molar-refractivity contribution in [1.82, 2.24) is 9.97 Å². The third-order valence-electron chi connectivity index (χ3n) is 1.99. The van der Waals surface area contributed by atoms with Crippen LogP contribution in [0.15, 0.2) is 6.33 Å². The predicted octanol–water partition coefficient (Wildman–Crippen LogP) is -0.214. The molecule has 0 radical (unpaired) electrons. The van der Waals surface area contributed by atoms with E-state index >= 15 is 0 Å². The molecule has 0 fully saturated rings. The van der Waals surface area contributed by atoms with E-state index in [9.17, 15) is 5.11 Å². The van der Waals surface area contributed by atoms with E-state index in [4.69, 9.17) is 10.5 Å². The van der Waals surface area contributed by atoms with Gasteiger partial charge in [0.25, 0.3) is 0 Å². The van der Waals surface area contributed by atoms with Crippen LogP contribution in [0, 0.1) is 6.92 Å². The number of hydrogen-bond donors (Lipinski definition) is 3. The molecule has 6 heteroatoms. The lowest BCUT2D eigenvalue weighted by molar-refractivity contribution is 0.0727. The van der Waals surface area contributed by atoms with E-state index in [0.29, 0.717) is 18.2 Å². The Bertz CT molecular complexity index is 319. The van der Waals surface area contributed by atoms with Crippen LogP contribution in [-0.4, -0.2) is 41.4 Å². The third-order valence-corrected chi connectivity index (χ3v) is 1.99. The van der Waals surface area contributed by atoms with Gasteiger partial charge in [0.15, 0.2) is 0 Å². The summed E-state index contributed by atoms with van der Waals surface area (Å²) in [5.74, 6) is 1.08. The number of aromatic nitrogens is 2. The van der Waals surface area contributed by atoms with E-state index < -0.39 is 6.10 Å². The monoisotopic (exact) mass is 212 g/mol. The van der Waals surface area contributed by atoms with E-state index in [2.05, 4.69) is 15.3 Å². The van der Waals surface area contributed by atoms with Crippen molar-refractivity contribution >= 4 is 11.6 Å². The highest BCUT2D eigenvalue weighted by atomic mass is 16.5. The number of nitrogens with one attached hydrogen (secondary N) is 1. The molecule has 1 rings (SSSR count). The highest BCUT2D eigenvalue weighted by Gasteiger charge is 2.06. The highest BCUT2D eigenvalue weighted by Crippen LogP contribution is 2.14. The molecule has 0 aromatic carbocycles. The molecular formula is C9H16N4O2. The summed E-state index contributed by atoms with van der Waals surface area (Å²) in [4.78, 5) is 7.86. The molecule has 0 saturated heterocycles. The van der Waals surface area contributed by atoms with Gasteiger partial charge < -0.3 is 20.9 Å². The van der Waals surface area contributed by atoms with Crippen molar-refractivity contribution in [3.05, 3.63) is 11.9 Å². The number of aliphatic hydroxyl groups excluding tert-OH is 1. The summed E-state index contributed by atoms with van der Waals surface area (Å²) in [6.07, 6.45) is 0.818. The summed E-state index contributed by atoms with van der Waals surface area (Å²) in [7, 11) is 1.54. The number of anilines is 2. The van der Waals surface area contributed by atoms with Crippen molar-refractivity contribution in [2.24, 2.45) is 0 Å². The van der Waals surface area contributed by atoms with Crippen molar-refractivity contribution in [3.8, 4) is 0 Å². The molecule has 1 unspecified atom stereocenters. The Morgan fingerprint density at radius 2 is 2.33 bits per heavy atom. The SMILES string of the molecule is COCC(O)CNc1ncnc(N)c1C. The van der Waals surface area contributed by atoms with Crippen molar-refractivity contribution in [3.63, 3.8) is 0 Å². The van der Waals surface area contributed by atoms with E-state index in [0.717, 1.165) is 5.56 Å². The number of rotatable bonds is 5. The first-order valence-electron chi connectivity index (χ1n) is 4.63. The molecule has 0 amide bonds. The molecule has 1 heterocycles. The zero-order chi connectivity index (χ0) is 11.3. The van der Waals surface area contributed by atoms with Gasteiger partial charge in [-0.05, 0) is 6.92 Å². The maximum Gasteiger partial charge on any atom is 0.134 e. The molecule has 1 aromatic rings. The molecule has 0 saturated carbocycles. The van der Waals surface area contributed by atoms with Gasteiger partial charge in [0.2, 0.25) is 0 Å². The Kier molecular flexibility index (Phi) is 4.26. The summed E-state index contributed by atoms with van der Waals surface area (Å²) >= 11 is 0. The molecule has 0 spiro atoms. The lowest BCUT2D eigenvalue weighted by atomic mass is 10.3. The fraction of sp³-hybridized carbons (Fsp3) is 0.556. The fourth-order valence-electron chi connectivity index (χ4n) is 1.11. The first kappa shape index (κ1) is 11.7. The number of nitrogen functional groups attached to an aromatic ring is 1. The minimum Gasteiger partial charge on any atom is -0.389 e. The van der Waals surface area contributed by atoms with Gasteiger partial charge in [-0.2, -0.15) is 0 Å². The van der Waals surface area contributed by atoms with E-state index in [-0.39, 0.29) is 6.61 Å². The van der Waals surface area contributed by atoms with Gasteiger partial charge in [-0.25, -0.2) is 9.97 Å². The largest absolute Gasteiger partial charge is 0.389 e. The molecule has 0 aliphatic carbocycles. The van der Waals surface area contributed by atoms with Gasteiger partial charge in [-0.3, -0.25) is 0 Å². The molecule has 0 aliphatic heterocycles. The lowest BCUT2D eigenvalue weighted by Crippen LogP contribution is -2.25. The van der Waals surface area contributed by atoms with Crippen molar-refractivity contribution in [1.29, 1.82) is 0 Å². The van der Waals surface area contributed by atoms with Crippen LogP contribution in [0.5, 0.6) is 0 Å². The Morgan fingerprint density at radius 3 is 3.00 bits per heavy atom. The van der Waals surface area contributed by atoms with E-state index in [1.165, 1.54) is 13.4 Å². The Balaban J connectivity index is 2.54. The fourth-order valence-corrected chi connectivity index (χ4v) is 1.11. The number of nitrogens with two attached hydrogens (primary N) is 1. The molecule has 1 atom stereocenters. The second kappa shape index (κ2) is 5.47. The van der Waals surface area contributed by atoms with Gasteiger partial charge in [0.1, 0.15) is 18.0 Å². The molecule has 4 N–H and O–H groups in total. The summed E-state index contributed by atoms with van der Waals surface area (Å²) in [5.41, 5.74) is 6.39. The molecule has 15 heavy (non-hydrogen) atoms. The second-order valence-corrected chi connectivity index (χ2v) is 3.22. The zero-order valence-electron chi connectivity index (χ0n) is 8.90. The molecule has 0 aliphatic rings. The Labute approximate surface area is 88.5 Å². The van der Waals surface area contributed by atoms with Gasteiger partial charge in [-0.1, -0.05) is 0 Å². The van der Waals surface area contributed by atoms with Gasteiger partial charge in [0.05, 0.1) is 12.7 Å². The number of hydrogen-bond acceptors (Lipinski definition) is 6. The van der Waals surface area contributed by atoms with Crippen molar-refractivity contribution < 1.29 is 9.84 Å². The van der Waals surface area contributed by atoms with Crippen LogP contribution < -0.4 is 11.1 Å². The lowest BCUT2D eigenvalue weighted by Gasteiger charge is -2.12. The topological polar surface area (TPSA) is 93.3 Å². The third kappa shape index (κ3) is 3.34. The summed E-state index contributed by atoms with van der Waals surface area (Å²) in [5, 5.41) is 12.4. The normalized spacial score (nSPS) is 12.5. The van der Waals surface area contributed by atoms with Gasteiger partial charge >= 0.3 is 0 Å². The molecule has 84 valence electrons. The molecule has 1 aromatic heterocycles. The molecule has 0 bridgehead atoms. The Morgan fingerprint density at radius 1 is 1.60 bits per heavy atom. The van der Waals surface area contributed by atoms with Crippen LogP contribution in [0.25, 0.3) is 0 Å². The first-order valence-corrected chi connectivity index (χ1v) is 4.63. The maximum absolute atomic E-state index is 9.41. The summed E-state index contributed by atoms with van der Waals surface area (Å²) < 4.78 is 4.80. The maximum atomic E-state index is 9.41. The van der Waals surface area contributed by atoms with E-state index in [1.807, 2.05) is 6.92 Å². The molecular weight excluding hydrogens is 196 g/mol. The van der Waals surface area contributed by atoms with E-state index in [1.54, 1.807) is 0 Å². The minimum atomic E-state index is -0.564. The van der Waals surface area contributed by atoms with Crippen LogP contribution in [0.4, 0.5) is 11.6 Å². The van der Waals surface area contributed by atoms with Crippen LogP contribution in [-0.2, 0) is 4.74 Å². The van der Waals surface area contributed by atoms with Crippen LogP contribution in [0.2, 0.25) is 0 Å². The minimum absolute atomic E-state index is 0.284. The predicted molar refractivity (Wildman–Crippen MR) is 57.6 cm³/mol. The number of methoxy groups -OCH3 is 1. The smallest absolute Gasteiger partial charge is 0.134 e. The zero-order valence-corrected chi connectivity index (χ0v) is 8.90. The van der Waals surface area contributed by atoms with Crippen LogP contribution >= 0.6 is 0 Å². The average molecular weight is 212 g/mol. The van der Waals surface area contributed by atoms with Crippen LogP contribution in [0.1, 0.15) is 5.56 Å². The van der Waals surface area contributed by atoms with Crippen molar-refractivity contribution in [2.45, 2.75) is 13.0 Å². The quantitative estimate of drug-likeness (QED) is 0.625. The number of nitrogens with zero attached hydrogens (tertiary/aromatic N) is 2. The average Bonchev–Trinajstić information content (AvgIpc) is 2.21. The number of ether oxygens (including phenoxy) is 1. The van der Waals surface area contributed by atoms with Crippen LogP contribution in [0.3, 0.4) is 0 Å². The standard InChI is InChI=1S/C9H16N4O2/c1-6-8(10)12-5-13-9(6)11-3-7(14)4-15-2/h5,7,14H,3-4H2,1-2H3,(H3,10,11,12,13). The Hall–Kier alpha value is -1.40. The van der Waals surface area contributed by atoms with Gasteiger partial charge in [0, 0.05) is 19.2 Å². The second-order valence-electron chi connectivity index (χ2n) is 3.22. The van der Waals surface area contributed by atoms with Crippen molar-refractivity contribution in [2.75, 3.05) is 31.3 Å². The summed E-state index contributed by atoms with van der Waals surface area (Å²) in [6.45, 7) is 2.47. The highest BCUT2D eigenvalue weighted by molar-refractivity contribution is 5.53. The summed E-state index contributed by atoms with van der Waals surface area (Å²) in [6, 6.07) is 0.